The number of rotatable bonds is 5. The highest BCUT2D eigenvalue weighted by atomic mass is 16.4. The average molecular weight is 290 g/mol. The summed E-state index contributed by atoms with van der Waals surface area (Å²) in [5.74, 6) is -0.873. The Hall–Kier alpha value is -1.88. The first-order chi connectivity index (χ1) is 10.1. The fourth-order valence-corrected chi connectivity index (χ4v) is 2.83. The molecule has 1 heterocycles. The van der Waals surface area contributed by atoms with Gasteiger partial charge in [0.15, 0.2) is 0 Å². The fourth-order valence-electron chi connectivity index (χ4n) is 2.83. The minimum absolute atomic E-state index is 0.0446. The number of carbonyl (C=O) groups excluding carboxylic acids is 1. The molecule has 0 spiro atoms. The van der Waals surface area contributed by atoms with Crippen LogP contribution in [0.1, 0.15) is 26.2 Å². The lowest BCUT2D eigenvalue weighted by molar-refractivity contribution is -0.145. The number of hydrogen-bond donors (Lipinski definition) is 1. The number of nitrogens with zero attached hydrogens (tertiary/aromatic N) is 2. The number of anilines is 1. The van der Waals surface area contributed by atoms with E-state index in [1.807, 2.05) is 37.3 Å². The molecule has 1 atom stereocenters. The standard InChI is InChI=1S/C16H22N2O3/c1-2-18(13-8-4-3-5-9-13)15(19)12-17-11-7-6-10-14(17)16(20)21/h3-5,8-9,14H,2,6-7,10-12H2,1H3,(H,20,21). The van der Waals surface area contributed by atoms with E-state index in [-0.39, 0.29) is 12.5 Å². The maximum absolute atomic E-state index is 12.5. The van der Waals surface area contributed by atoms with Crippen molar-refractivity contribution in [3.63, 3.8) is 0 Å². The number of carboxylic acid groups (broad SMARTS) is 1. The van der Waals surface area contributed by atoms with Gasteiger partial charge in [-0.3, -0.25) is 14.5 Å². The van der Waals surface area contributed by atoms with Crippen LogP contribution in [0, 0.1) is 0 Å². The molecule has 1 aliphatic heterocycles. The molecule has 5 heteroatoms. The van der Waals surface area contributed by atoms with Gasteiger partial charge in [0.05, 0.1) is 6.54 Å². The summed E-state index contributed by atoms with van der Waals surface area (Å²) in [5.41, 5.74) is 0.855. The van der Waals surface area contributed by atoms with Crippen LogP contribution < -0.4 is 4.90 Å². The number of likely N-dealkylation sites (tertiary alicyclic amines) is 1. The van der Waals surface area contributed by atoms with Gasteiger partial charge in [0.25, 0.3) is 0 Å². The van der Waals surface area contributed by atoms with Gasteiger partial charge in [-0.05, 0) is 38.4 Å². The van der Waals surface area contributed by atoms with Gasteiger partial charge in [-0.15, -0.1) is 0 Å². The third-order valence-electron chi connectivity index (χ3n) is 3.92. The fraction of sp³-hybridized carbons (Fsp3) is 0.500. The summed E-state index contributed by atoms with van der Waals surface area (Å²) in [5, 5.41) is 9.27. The second kappa shape index (κ2) is 7.22. The van der Waals surface area contributed by atoms with Crippen LogP contribution in [0.25, 0.3) is 0 Å². The van der Waals surface area contributed by atoms with Gasteiger partial charge in [0.2, 0.25) is 5.91 Å². The highest BCUT2D eigenvalue weighted by Gasteiger charge is 2.30. The van der Waals surface area contributed by atoms with E-state index in [0.29, 0.717) is 19.5 Å². The number of amides is 1. The second-order valence-electron chi connectivity index (χ2n) is 5.29. The number of likely N-dealkylation sites (N-methyl/N-ethyl adjacent to an activating group) is 1. The highest BCUT2D eigenvalue weighted by molar-refractivity contribution is 5.95. The van der Waals surface area contributed by atoms with Gasteiger partial charge in [0.1, 0.15) is 6.04 Å². The van der Waals surface area contributed by atoms with Gasteiger partial charge in [-0.25, -0.2) is 0 Å². The SMILES string of the molecule is CCN(C(=O)CN1CCCCC1C(=O)O)c1ccccc1. The van der Waals surface area contributed by atoms with Crippen molar-refractivity contribution < 1.29 is 14.7 Å². The Morgan fingerprint density at radius 1 is 1.29 bits per heavy atom. The van der Waals surface area contributed by atoms with E-state index in [4.69, 9.17) is 0 Å². The highest BCUT2D eigenvalue weighted by Crippen LogP contribution is 2.19. The zero-order valence-electron chi connectivity index (χ0n) is 12.4. The van der Waals surface area contributed by atoms with E-state index in [0.717, 1.165) is 18.5 Å². The van der Waals surface area contributed by atoms with Crippen LogP contribution in [0.4, 0.5) is 5.69 Å². The lowest BCUT2D eigenvalue weighted by atomic mass is 10.0. The summed E-state index contributed by atoms with van der Waals surface area (Å²) < 4.78 is 0. The molecule has 0 aliphatic carbocycles. The Morgan fingerprint density at radius 2 is 2.00 bits per heavy atom. The smallest absolute Gasteiger partial charge is 0.320 e. The number of piperidine rings is 1. The molecule has 2 rings (SSSR count). The Kier molecular flexibility index (Phi) is 5.33. The number of aliphatic carboxylic acids is 1. The maximum Gasteiger partial charge on any atom is 0.320 e. The molecule has 0 bridgehead atoms. The van der Waals surface area contributed by atoms with Gasteiger partial charge in [-0.2, -0.15) is 0 Å². The van der Waals surface area contributed by atoms with Crippen molar-refractivity contribution in [2.45, 2.75) is 32.2 Å². The molecule has 1 aliphatic rings. The van der Waals surface area contributed by atoms with Crippen molar-refractivity contribution in [1.82, 2.24) is 4.90 Å². The van der Waals surface area contributed by atoms with Crippen molar-refractivity contribution >= 4 is 17.6 Å². The van der Waals surface area contributed by atoms with E-state index in [1.165, 1.54) is 0 Å². The predicted molar refractivity (Wildman–Crippen MR) is 81.3 cm³/mol. The topological polar surface area (TPSA) is 60.9 Å². The van der Waals surface area contributed by atoms with Crippen molar-refractivity contribution in [1.29, 1.82) is 0 Å². The van der Waals surface area contributed by atoms with E-state index in [2.05, 4.69) is 0 Å². The van der Waals surface area contributed by atoms with Gasteiger partial charge >= 0.3 is 5.97 Å². The van der Waals surface area contributed by atoms with Gasteiger partial charge in [-0.1, -0.05) is 24.6 Å². The number of para-hydroxylation sites is 1. The van der Waals surface area contributed by atoms with Gasteiger partial charge < -0.3 is 10.0 Å². The zero-order valence-corrected chi connectivity index (χ0v) is 12.4. The minimum Gasteiger partial charge on any atom is -0.480 e. The molecule has 1 unspecified atom stereocenters. The Morgan fingerprint density at radius 3 is 2.62 bits per heavy atom. The summed E-state index contributed by atoms with van der Waals surface area (Å²) in [4.78, 5) is 27.3. The van der Waals surface area contributed by atoms with E-state index >= 15 is 0 Å². The number of benzene rings is 1. The van der Waals surface area contributed by atoms with Crippen LogP contribution in [0.3, 0.4) is 0 Å². The summed E-state index contributed by atoms with van der Waals surface area (Å²) in [6, 6.07) is 8.96. The lowest BCUT2D eigenvalue weighted by Crippen LogP contribution is -2.50. The number of hydrogen-bond acceptors (Lipinski definition) is 3. The lowest BCUT2D eigenvalue weighted by Gasteiger charge is -2.33. The first-order valence-corrected chi connectivity index (χ1v) is 7.45. The molecular weight excluding hydrogens is 268 g/mol. The molecule has 21 heavy (non-hydrogen) atoms. The monoisotopic (exact) mass is 290 g/mol. The van der Waals surface area contributed by atoms with Crippen molar-refractivity contribution in [2.24, 2.45) is 0 Å². The van der Waals surface area contributed by atoms with Crippen molar-refractivity contribution in [3.8, 4) is 0 Å². The molecule has 1 aromatic carbocycles. The normalized spacial score (nSPS) is 19.2. The summed E-state index contributed by atoms with van der Waals surface area (Å²) >= 11 is 0. The summed E-state index contributed by atoms with van der Waals surface area (Å²) in [7, 11) is 0. The second-order valence-corrected chi connectivity index (χ2v) is 5.29. The predicted octanol–water partition coefficient (Wildman–Crippen LogP) is 1.98. The van der Waals surface area contributed by atoms with Crippen LogP contribution in [0.5, 0.6) is 0 Å². The van der Waals surface area contributed by atoms with Crippen molar-refractivity contribution in [2.75, 3.05) is 24.5 Å². The molecule has 5 nitrogen and oxygen atoms in total. The first kappa shape index (κ1) is 15.5. The summed E-state index contributed by atoms with van der Waals surface area (Å²) in [6.07, 6.45) is 2.49. The average Bonchev–Trinajstić information content (AvgIpc) is 2.49. The van der Waals surface area contributed by atoms with Crippen LogP contribution in [-0.4, -0.2) is 47.6 Å². The minimum atomic E-state index is -0.828. The molecule has 0 saturated carbocycles. The third kappa shape index (κ3) is 3.82. The quantitative estimate of drug-likeness (QED) is 0.900. The summed E-state index contributed by atoms with van der Waals surface area (Å²) in [6.45, 7) is 3.35. The molecule has 1 saturated heterocycles. The Labute approximate surface area is 125 Å². The Bertz CT molecular complexity index is 490. The molecule has 1 fully saturated rings. The third-order valence-corrected chi connectivity index (χ3v) is 3.92. The first-order valence-electron chi connectivity index (χ1n) is 7.45. The molecule has 114 valence electrons. The van der Waals surface area contributed by atoms with Gasteiger partial charge in [0, 0.05) is 12.2 Å². The number of carbonyl (C=O) groups is 2. The molecule has 1 aromatic rings. The van der Waals surface area contributed by atoms with E-state index in [1.54, 1.807) is 9.80 Å². The van der Waals surface area contributed by atoms with Crippen LogP contribution in [0.2, 0.25) is 0 Å². The van der Waals surface area contributed by atoms with Crippen molar-refractivity contribution in [3.05, 3.63) is 30.3 Å². The Balaban J connectivity index is 2.06. The van der Waals surface area contributed by atoms with Crippen LogP contribution in [0.15, 0.2) is 30.3 Å². The molecular formula is C16H22N2O3. The maximum atomic E-state index is 12.5. The zero-order chi connectivity index (χ0) is 15.2. The largest absolute Gasteiger partial charge is 0.480 e. The van der Waals surface area contributed by atoms with E-state index < -0.39 is 12.0 Å². The van der Waals surface area contributed by atoms with Crippen LogP contribution in [-0.2, 0) is 9.59 Å². The molecule has 1 amide bonds. The molecule has 0 aromatic heterocycles. The van der Waals surface area contributed by atoms with Crippen LogP contribution >= 0.6 is 0 Å². The molecule has 0 radical (unpaired) electrons. The number of carboxylic acids is 1. The molecule has 1 N–H and O–H groups in total. The van der Waals surface area contributed by atoms with E-state index in [9.17, 15) is 14.7 Å².